The van der Waals surface area contributed by atoms with Crippen molar-refractivity contribution in [3.05, 3.63) is 0 Å². The maximum absolute atomic E-state index is 11.1. The molecule has 0 aromatic rings. The van der Waals surface area contributed by atoms with Crippen molar-refractivity contribution in [3.63, 3.8) is 0 Å². The van der Waals surface area contributed by atoms with Crippen LogP contribution in [0.15, 0.2) is 0 Å². The molecule has 0 radical (unpaired) electrons. The van der Waals surface area contributed by atoms with Crippen LogP contribution in [0.4, 0.5) is 0 Å². The van der Waals surface area contributed by atoms with Crippen molar-refractivity contribution in [1.82, 2.24) is 0 Å². The van der Waals surface area contributed by atoms with E-state index in [1.807, 2.05) is 0 Å². The molecule has 0 bridgehead atoms. The first-order chi connectivity index (χ1) is 14.4. The molecule has 0 heterocycles. The molecule has 0 fully saturated rings. The largest absolute Gasteiger partial charge is 0.469 e. The molecule has 2 N–H and O–H groups in total. The van der Waals surface area contributed by atoms with E-state index in [9.17, 15) is 4.57 Å². The van der Waals surface area contributed by atoms with Crippen LogP contribution < -0.4 is 0 Å². The molecule has 0 spiro atoms. The molecular weight excluding hydrogens is 397 g/mol. The average Bonchev–Trinajstić information content (AvgIpc) is 2.69. The van der Waals surface area contributed by atoms with Crippen LogP contribution in [0.1, 0.15) is 124 Å². The average molecular weight is 451 g/mol. The number of unbranched alkanes of at least 4 members (excludes halogenated alkanes) is 13. The molecule has 0 saturated carbocycles. The zero-order valence-corrected chi connectivity index (χ0v) is 21.3. The quantitative estimate of drug-likeness (QED) is 0.0980. The van der Waals surface area contributed by atoms with Gasteiger partial charge in [0, 0.05) is 0 Å². The Bertz CT molecular complexity index is 404. The molecule has 0 amide bonds. The second kappa shape index (κ2) is 19.7. The van der Waals surface area contributed by atoms with Crippen molar-refractivity contribution in [1.29, 1.82) is 0 Å². The first-order valence-corrected chi connectivity index (χ1v) is 14.5. The molecular formula is C24H53NO4P+. The number of quaternary nitrogens is 1. The Morgan fingerprint density at radius 3 is 1.30 bits per heavy atom. The normalized spacial score (nSPS) is 12.6. The van der Waals surface area contributed by atoms with Gasteiger partial charge in [-0.05, 0) is 38.5 Å². The van der Waals surface area contributed by atoms with Crippen LogP contribution in [0.2, 0.25) is 0 Å². The Hall–Kier alpha value is 0.0700. The highest BCUT2D eigenvalue weighted by Crippen LogP contribution is 2.35. The number of phosphoric acid groups is 1. The van der Waals surface area contributed by atoms with Crippen LogP contribution in [0, 0.1) is 0 Å². The summed E-state index contributed by atoms with van der Waals surface area (Å²) in [5.74, 6) is 0. The van der Waals surface area contributed by atoms with Crippen molar-refractivity contribution >= 4 is 7.82 Å². The predicted octanol–water partition coefficient (Wildman–Crippen LogP) is 7.21. The summed E-state index contributed by atoms with van der Waals surface area (Å²) < 4.78 is 17.0. The summed E-state index contributed by atoms with van der Waals surface area (Å²) in [5, 5.41) is 0. The topological polar surface area (TPSA) is 66.8 Å². The van der Waals surface area contributed by atoms with E-state index < -0.39 is 7.82 Å². The summed E-state index contributed by atoms with van der Waals surface area (Å²) in [6.07, 6.45) is 20.6. The summed E-state index contributed by atoms with van der Waals surface area (Å²) in [6, 6.07) is 0. The lowest BCUT2D eigenvalue weighted by Crippen LogP contribution is -2.52. The Morgan fingerprint density at radius 1 is 0.567 bits per heavy atom. The lowest BCUT2D eigenvalue weighted by molar-refractivity contribution is -0.929. The van der Waals surface area contributed by atoms with E-state index in [0.29, 0.717) is 0 Å². The van der Waals surface area contributed by atoms with E-state index in [1.54, 1.807) is 0 Å². The minimum absolute atomic E-state index is 0.153. The highest BCUT2D eigenvalue weighted by atomic mass is 31.2. The molecule has 182 valence electrons. The van der Waals surface area contributed by atoms with E-state index >= 15 is 0 Å². The Labute approximate surface area is 187 Å². The van der Waals surface area contributed by atoms with Crippen molar-refractivity contribution in [2.24, 2.45) is 0 Å². The zero-order chi connectivity index (χ0) is 22.6. The monoisotopic (exact) mass is 450 g/mol. The molecule has 0 unspecified atom stereocenters. The van der Waals surface area contributed by atoms with Gasteiger partial charge in [-0.2, -0.15) is 0 Å². The first kappa shape index (κ1) is 30.1. The molecule has 0 saturated heterocycles. The van der Waals surface area contributed by atoms with Gasteiger partial charge >= 0.3 is 7.82 Å². The zero-order valence-electron chi connectivity index (χ0n) is 20.5. The van der Waals surface area contributed by atoms with Crippen LogP contribution in [0.5, 0.6) is 0 Å². The second-order valence-electron chi connectivity index (χ2n) is 9.16. The molecule has 5 nitrogen and oxygen atoms in total. The maximum atomic E-state index is 11.1. The summed E-state index contributed by atoms with van der Waals surface area (Å²) in [4.78, 5) is 18.2. The fourth-order valence-electron chi connectivity index (χ4n) is 4.35. The van der Waals surface area contributed by atoms with Crippen molar-refractivity contribution in [2.75, 3.05) is 32.8 Å². The van der Waals surface area contributed by atoms with E-state index in [4.69, 9.17) is 14.3 Å². The van der Waals surface area contributed by atoms with Crippen molar-refractivity contribution in [3.8, 4) is 0 Å². The Balaban J connectivity index is 4.48. The summed E-state index contributed by atoms with van der Waals surface area (Å²) >= 11 is 0. The Kier molecular flexibility index (Phi) is 19.8. The van der Waals surface area contributed by atoms with Gasteiger partial charge in [-0.25, -0.2) is 4.57 Å². The number of hydrogen-bond acceptors (Lipinski definition) is 2. The predicted molar refractivity (Wildman–Crippen MR) is 129 cm³/mol. The fourth-order valence-corrected chi connectivity index (χ4v) is 4.67. The number of nitrogens with zero attached hydrogens (tertiary/aromatic N) is 1. The smallest absolute Gasteiger partial charge is 0.322 e. The summed E-state index contributed by atoms with van der Waals surface area (Å²) in [6.45, 7) is 10.9. The van der Waals surface area contributed by atoms with Crippen LogP contribution in [-0.2, 0) is 9.09 Å². The molecule has 0 aromatic carbocycles. The highest BCUT2D eigenvalue weighted by molar-refractivity contribution is 7.46. The lowest BCUT2D eigenvalue weighted by Gasteiger charge is -2.39. The van der Waals surface area contributed by atoms with Crippen LogP contribution in [0.3, 0.4) is 0 Å². The number of hydrogen-bond donors (Lipinski definition) is 2. The van der Waals surface area contributed by atoms with Gasteiger partial charge in [0.1, 0.15) is 13.2 Å². The van der Waals surface area contributed by atoms with Gasteiger partial charge in [0.05, 0.1) is 19.6 Å². The van der Waals surface area contributed by atoms with Crippen molar-refractivity contribution < 1.29 is 23.4 Å². The maximum Gasteiger partial charge on any atom is 0.469 e. The van der Waals surface area contributed by atoms with Crippen LogP contribution >= 0.6 is 7.82 Å². The third-order valence-corrected chi connectivity index (χ3v) is 6.80. The standard InChI is InChI=1S/C24H52NO4P/c1-4-7-10-11-12-13-14-15-16-19-22-25(20-17-8-5-2,21-18-9-6-3)23-24-29-30(26,27)28/h4-24H2,1-3H3,(H-,26,27,28)/p+1. The van der Waals surface area contributed by atoms with Gasteiger partial charge in [-0.1, -0.05) is 85.0 Å². The highest BCUT2D eigenvalue weighted by Gasteiger charge is 2.27. The third-order valence-electron chi connectivity index (χ3n) is 6.28. The molecule has 0 aliphatic carbocycles. The molecule has 0 aromatic heterocycles. The fraction of sp³-hybridized carbons (Fsp3) is 1.00. The van der Waals surface area contributed by atoms with E-state index in [-0.39, 0.29) is 6.61 Å². The third kappa shape index (κ3) is 18.8. The summed E-state index contributed by atoms with van der Waals surface area (Å²) in [7, 11) is -4.38. The van der Waals surface area contributed by atoms with Gasteiger partial charge in [0.15, 0.2) is 0 Å². The SMILES string of the molecule is CCCCCCCCCCCC[N+](CCCCC)(CCCCC)CCOP(=O)(O)O. The molecule has 0 aliphatic heterocycles. The van der Waals surface area contributed by atoms with Gasteiger partial charge in [0.25, 0.3) is 0 Å². The van der Waals surface area contributed by atoms with E-state index in [1.165, 1.54) is 103 Å². The van der Waals surface area contributed by atoms with E-state index in [2.05, 4.69) is 20.8 Å². The van der Waals surface area contributed by atoms with Crippen LogP contribution in [0.25, 0.3) is 0 Å². The first-order valence-electron chi connectivity index (χ1n) is 12.9. The van der Waals surface area contributed by atoms with Crippen LogP contribution in [-0.4, -0.2) is 47.1 Å². The minimum atomic E-state index is -4.38. The van der Waals surface area contributed by atoms with Gasteiger partial charge in [-0.3, -0.25) is 4.52 Å². The van der Waals surface area contributed by atoms with E-state index in [0.717, 1.165) is 30.7 Å². The molecule has 6 heteroatoms. The molecule has 0 rings (SSSR count). The lowest BCUT2D eigenvalue weighted by atomic mass is 10.1. The van der Waals surface area contributed by atoms with Gasteiger partial charge < -0.3 is 14.3 Å². The Morgan fingerprint density at radius 2 is 0.900 bits per heavy atom. The molecule has 0 atom stereocenters. The molecule has 30 heavy (non-hydrogen) atoms. The van der Waals surface area contributed by atoms with Gasteiger partial charge in [0.2, 0.25) is 0 Å². The summed E-state index contributed by atoms with van der Waals surface area (Å²) in [5.41, 5.74) is 0. The van der Waals surface area contributed by atoms with Gasteiger partial charge in [-0.15, -0.1) is 0 Å². The molecule has 0 aliphatic rings. The number of phosphoric ester groups is 1. The second-order valence-corrected chi connectivity index (χ2v) is 10.4. The minimum Gasteiger partial charge on any atom is -0.322 e. The number of rotatable bonds is 23. The van der Waals surface area contributed by atoms with Crippen molar-refractivity contribution in [2.45, 2.75) is 124 Å².